The lowest BCUT2D eigenvalue weighted by Crippen LogP contribution is -2.33. The summed E-state index contributed by atoms with van der Waals surface area (Å²) >= 11 is 5.87. The van der Waals surface area contributed by atoms with Crippen molar-refractivity contribution < 1.29 is 4.79 Å². The van der Waals surface area contributed by atoms with Gasteiger partial charge in [-0.2, -0.15) is 0 Å². The summed E-state index contributed by atoms with van der Waals surface area (Å²) in [5.74, 6) is 0.0370. The van der Waals surface area contributed by atoms with E-state index in [0.29, 0.717) is 11.6 Å². The number of carbonyl (C=O) groups is 1. The average Bonchev–Trinajstić information content (AvgIpc) is 2.50. The SMILES string of the molecule is Cl.N[C@@H]1CCN(Cc2cccc(Cl)c2)C1=O. The number of benzene rings is 1. The minimum absolute atomic E-state index is 0. The first-order valence-corrected chi connectivity index (χ1v) is 5.33. The molecule has 1 aromatic rings. The number of hydrogen-bond donors (Lipinski definition) is 1. The third kappa shape index (κ3) is 2.88. The fourth-order valence-corrected chi connectivity index (χ4v) is 1.99. The summed E-state index contributed by atoms with van der Waals surface area (Å²) < 4.78 is 0. The van der Waals surface area contributed by atoms with Gasteiger partial charge in [0, 0.05) is 18.1 Å². The van der Waals surface area contributed by atoms with Crippen LogP contribution in [0, 0.1) is 0 Å². The Balaban J connectivity index is 0.00000128. The lowest BCUT2D eigenvalue weighted by molar-refractivity contribution is -0.129. The van der Waals surface area contributed by atoms with Crippen molar-refractivity contribution in [3.05, 3.63) is 34.9 Å². The van der Waals surface area contributed by atoms with Crippen LogP contribution in [-0.2, 0) is 11.3 Å². The van der Waals surface area contributed by atoms with Crippen LogP contribution in [0.4, 0.5) is 0 Å². The zero-order valence-corrected chi connectivity index (χ0v) is 10.3. The normalized spacial score (nSPS) is 19.8. The molecule has 1 fully saturated rings. The van der Waals surface area contributed by atoms with Crippen LogP contribution in [0.5, 0.6) is 0 Å². The number of hydrogen-bond acceptors (Lipinski definition) is 2. The second-order valence-corrected chi connectivity index (χ2v) is 4.22. The molecule has 1 amide bonds. The van der Waals surface area contributed by atoms with Gasteiger partial charge in [0.15, 0.2) is 0 Å². The number of carbonyl (C=O) groups excluding carboxylic acids is 1. The van der Waals surface area contributed by atoms with Gasteiger partial charge in [0.25, 0.3) is 0 Å². The van der Waals surface area contributed by atoms with Crippen molar-refractivity contribution in [2.75, 3.05) is 6.54 Å². The summed E-state index contributed by atoms with van der Waals surface area (Å²) in [5.41, 5.74) is 6.68. The van der Waals surface area contributed by atoms with Gasteiger partial charge in [0.2, 0.25) is 5.91 Å². The van der Waals surface area contributed by atoms with Crippen molar-refractivity contribution in [3.8, 4) is 0 Å². The van der Waals surface area contributed by atoms with E-state index in [-0.39, 0.29) is 24.4 Å². The van der Waals surface area contributed by atoms with E-state index in [1.165, 1.54) is 0 Å². The maximum atomic E-state index is 11.6. The highest BCUT2D eigenvalue weighted by molar-refractivity contribution is 6.30. The third-order valence-corrected chi connectivity index (χ3v) is 2.84. The Morgan fingerprint density at radius 2 is 2.25 bits per heavy atom. The number of nitrogens with zero attached hydrogens (tertiary/aromatic N) is 1. The molecule has 1 aromatic carbocycles. The molecule has 0 aliphatic carbocycles. The van der Waals surface area contributed by atoms with Crippen LogP contribution in [0.25, 0.3) is 0 Å². The van der Waals surface area contributed by atoms with E-state index < -0.39 is 0 Å². The zero-order chi connectivity index (χ0) is 10.8. The number of likely N-dealkylation sites (tertiary alicyclic amines) is 1. The fraction of sp³-hybridized carbons (Fsp3) is 0.364. The van der Waals surface area contributed by atoms with Gasteiger partial charge in [-0.25, -0.2) is 0 Å². The van der Waals surface area contributed by atoms with E-state index in [1.807, 2.05) is 24.3 Å². The molecule has 0 unspecified atom stereocenters. The lowest BCUT2D eigenvalue weighted by Gasteiger charge is -2.15. The maximum absolute atomic E-state index is 11.6. The smallest absolute Gasteiger partial charge is 0.239 e. The summed E-state index contributed by atoms with van der Waals surface area (Å²) in [4.78, 5) is 13.3. The molecule has 0 spiro atoms. The number of rotatable bonds is 2. The van der Waals surface area contributed by atoms with E-state index in [2.05, 4.69) is 0 Å². The largest absolute Gasteiger partial charge is 0.337 e. The van der Waals surface area contributed by atoms with Crippen molar-refractivity contribution >= 4 is 29.9 Å². The van der Waals surface area contributed by atoms with Gasteiger partial charge < -0.3 is 10.6 Å². The van der Waals surface area contributed by atoms with Gasteiger partial charge >= 0.3 is 0 Å². The van der Waals surface area contributed by atoms with Crippen LogP contribution in [0.2, 0.25) is 5.02 Å². The highest BCUT2D eigenvalue weighted by atomic mass is 35.5. The van der Waals surface area contributed by atoms with Crippen molar-refractivity contribution in [3.63, 3.8) is 0 Å². The first kappa shape index (κ1) is 13.3. The summed E-state index contributed by atoms with van der Waals surface area (Å²) in [5, 5.41) is 0.698. The van der Waals surface area contributed by atoms with Gasteiger partial charge in [-0.3, -0.25) is 4.79 Å². The van der Waals surface area contributed by atoms with Gasteiger partial charge in [-0.05, 0) is 24.1 Å². The van der Waals surface area contributed by atoms with E-state index >= 15 is 0 Å². The van der Waals surface area contributed by atoms with Crippen molar-refractivity contribution in [1.29, 1.82) is 0 Å². The monoisotopic (exact) mass is 260 g/mol. The zero-order valence-electron chi connectivity index (χ0n) is 8.73. The van der Waals surface area contributed by atoms with Crippen LogP contribution >= 0.6 is 24.0 Å². The Hall–Kier alpha value is -0.770. The minimum atomic E-state index is -0.316. The standard InChI is InChI=1S/C11H13ClN2O.ClH/c12-9-3-1-2-8(6-9)7-14-5-4-10(13)11(14)15;/h1-3,6,10H,4-5,7,13H2;1H/t10-;/m1./s1. The quantitative estimate of drug-likeness (QED) is 0.882. The molecule has 1 saturated heterocycles. The van der Waals surface area contributed by atoms with E-state index in [1.54, 1.807) is 4.90 Å². The Bertz CT molecular complexity index is 384. The van der Waals surface area contributed by atoms with Crippen LogP contribution < -0.4 is 5.73 Å². The lowest BCUT2D eigenvalue weighted by atomic mass is 10.2. The highest BCUT2D eigenvalue weighted by Gasteiger charge is 2.28. The van der Waals surface area contributed by atoms with Gasteiger partial charge in [-0.1, -0.05) is 23.7 Å². The van der Waals surface area contributed by atoms with E-state index in [9.17, 15) is 4.79 Å². The van der Waals surface area contributed by atoms with Gasteiger partial charge in [0.05, 0.1) is 6.04 Å². The molecular formula is C11H14Cl2N2O. The number of nitrogens with two attached hydrogens (primary N) is 1. The Morgan fingerprint density at radius 3 is 2.81 bits per heavy atom. The molecule has 2 N–H and O–H groups in total. The first-order chi connectivity index (χ1) is 7.16. The molecule has 88 valence electrons. The van der Waals surface area contributed by atoms with Gasteiger partial charge in [-0.15, -0.1) is 12.4 Å². The van der Waals surface area contributed by atoms with E-state index in [0.717, 1.165) is 18.5 Å². The van der Waals surface area contributed by atoms with Crippen molar-refractivity contribution in [2.45, 2.75) is 19.0 Å². The molecule has 1 heterocycles. The van der Waals surface area contributed by atoms with Crippen molar-refractivity contribution in [2.24, 2.45) is 5.73 Å². The molecule has 0 radical (unpaired) electrons. The molecule has 0 aromatic heterocycles. The third-order valence-electron chi connectivity index (χ3n) is 2.60. The van der Waals surface area contributed by atoms with Crippen LogP contribution in [-0.4, -0.2) is 23.4 Å². The van der Waals surface area contributed by atoms with Gasteiger partial charge in [0.1, 0.15) is 0 Å². The first-order valence-electron chi connectivity index (χ1n) is 4.95. The predicted molar refractivity (Wildman–Crippen MR) is 66.7 cm³/mol. The predicted octanol–water partition coefficient (Wildman–Crippen LogP) is 1.82. The Morgan fingerprint density at radius 1 is 1.50 bits per heavy atom. The molecule has 5 heteroatoms. The van der Waals surface area contributed by atoms with Crippen LogP contribution in [0.15, 0.2) is 24.3 Å². The maximum Gasteiger partial charge on any atom is 0.239 e. The second-order valence-electron chi connectivity index (χ2n) is 3.78. The molecule has 1 aliphatic heterocycles. The molecule has 2 rings (SSSR count). The summed E-state index contributed by atoms with van der Waals surface area (Å²) in [6, 6.07) is 7.23. The molecular weight excluding hydrogens is 247 g/mol. The molecule has 1 atom stereocenters. The number of halogens is 2. The molecule has 0 bridgehead atoms. The fourth-order valence-electron chi connectivity index (χ4n) is 1.78. The summed E-state index contributed by atoms with van der Waals surface area (Å²) in [6.45, 7) is 1.35. The molecule has 16 heavy (non-hydrogen) atoms. The minimum Gasteiger partial charge on any atom is -0.337 e. The Labute approximate surface area is 106 Å². The van der Waals surface area contributed by atoms with Crippen molar-refractivity contribution in [1.82, 2.24) is 4.90 Å². The number of amides is 1. The van der Waals surface area contributed by atoms with E-state index in [4.69, 9.17) is 17.3 Å². The molecule has 0 saturated carbocycles. The summed E-state index contributed by atoms with van der Waals surface area (Å²) in [7, 11) is 0. The van der Waals surface area contributed by atoms with Crippen LogP contribution in [0.3, 0.4) is 0 Å². The van der Waals surface area contributed by atoms with Crippen LogP contribution in [0.1, 0.15) is 12.0 Å². The highest BCUT2D eigenvalue weighted by Crippen LogP contribution is 2.16. The molecule has 1 aliphatic rings. The molecule has 3 nitrogen and oxygen atoms in total. The summed E-state index contributed by atoms with van der Waals surface area (Å²) in [6.07, 6.45) is 0.749. The topological polar surface area (TPSA) is 46.3 Å². The second kappa shape index (κ2) is 5.53. The average molecular weight is 261 g/mol. The Kier molecular flexibility index (Phi) is 4.59.